The minimum atomic E-state index is 0. The Labute approximate surface area is 182 Å². The number of nitrogens with zero attached hydrogens (tertiary/aromatic N) is 2. The first-order valence-corrected chi connectivity index (χ1v) is 9.87. The molecular weight excluding hydrogens is 404 g/mol. The first kappa shape index (κ1) is 44.4. The van der Waals surface area contributed by atoms with E-state index in [4.69, 9.17) is 0 Å². The van der Waals surface area contributed by atoms with E-state index in [1.807, 2.05) is 27.7 Å². The van der Waals surface area contributed by atoms with Crippen LogP contribution in [0.5, 0.6) is 0 Å². The first-order chi connectivity index (χ1) is 9.66. The third-order valence-electron chi connectivity index (χ3n) is 0. The molecule has 0 saturated carbocycles. The van der Waals surface area contributed by atoms with Crippen LogP contribution in [-0.2, 0) is 67.6 Å². The van der Waals surface area contributed by atoms with E-state index in [1.54, 1.807) is 0 Å². The van der Waals surface area contributed by atoms with Crippen LogP contribution in [0.1, 0.15) is 27.7 Å². The number of quaternary nitrogens is 2. The maximum Gasteiger partial charge on any atom is 2.00 e. The van der Waals surface area contributed by atoms with E-state index in [-0.39, 0.29) is 17.1 Å². The molecule has 23 heavy (non-hydrogen) atoms. The van der Waals surface area contributed by atoms with Crippen molar-refractivity contribution in [3.05, 3.63) is 0 Å². The van der Waals surface area contributed by atoms with Gasteiger partial charge in [-0.05, 0) is 0 Å². The van der Waals surface area contributed by atoms with Gasteiger partial charge in [-0.2, -0.15) is 23.0 Å². The van der Waals surface area contributed by atoms with Gasteiger partial charge in [0.05, 0.1) is 56.4 Å². The van der Waals surface area contributed by atoms with Crippen LogP contribution in [0.3, 0.4) is 0 Å². The van der Waals surface area contributed by atoms with Crippen molar-refractivity contribution in [2.24, 2.45) is 0 Å². The van der Waals surface area contributed by atoms with Crippen LogP contribution in [-0.4, -0.2) is 88.4 Å². The molecule has 0 heterocycles. The molecule has 0 atom stereocenters. The number of hydrogen-bond acceptors (Lipinski definition) is 4. The van der Waals surface area contributed by atoms with Gasteiger partial charge >= 0.3 is 17.1 Å². The van der Waals surface area contributed by atoms with Crippen LogP contribution >= 0.6 is 0 Å². The molecule has 0 aromatic carbocycles. The molecule has 7 heteroatoms. The van der Waals surface area contributed by atoms with Gasteiger partial charge in [-0.15, -0.1) is 0 Å². The first-order valence-electron chi connectivity index (χ1n) is 7.56. The van der Waals surface area contributed by atoms with E-state index in [0.29, 0.717) is 0 Å². The summed E-state index contributed by atoms with van der Waals surface area (Å²) < 4.78 is 2.00. The van der Waals surface area contributed by atoms with Crippen LogP contribution in [0, 0.1) is 0 Å². The fraction of sp³-hybridized carbons (Fsp3) is 1.00. The minimum absolute atomic E-state index is 0. The molecule has 0 aliphatic rings. The van der Waals surface area contributed by atoms with E-state index in [1.165, 1.54) is 0 Å². The average Bonchev–Trinajstić information content (AvgIpc) is 2.15. The monoisotopic (exact) mass is 448 g/mol. The minimum Gasteiger partial charge on any atom is -0.793 e. The van der Waals surface area contributed by atoms with Crippen LogP contribution in [0.4, 0.5) is 0 Å². The molecule has 0 fully saturated rings. The number of hydrogen-bond donors (Lipinski definition) is 0. The van der Waals surface area contributed by atoms with Crippen molar-refractivity contribution in [3.63, 3.8) is 0 Å². The van der Waals surface area contributed by atoms with E-state index in [9.17, 15) is 0 Å². The van der Waals surface area contributed by atoms with E-state index >= 15 is 0 Å². The van der Waals surface area contributed by atoms with Crippen LogP contribution < -0.4 is 0 Å². The van der Waals surface area contributed by atoms with Crippen LogP contribution in [0.2, 0.25) is 0 Å². The molecule has 150 valence electrons. The van der Waals surface area contributed by atoms with Crippen molar-refractivity contribution in [2.45, 2.75) is 27.7 Å². The van der Waals surface area contributed by atoms with Crippen molar-refractivity contribution in [3.8, 4) is 0 Å². The van der Waals surface area contributed by atoms with Gasteiger partial charge in [-0.3, -0.25) is 0 Å². The quantitative estimate of drug-likeness (QED) is 0.317. The summed E-state index contributed by atoms with van der Waals surface area (Å²) in [5.41, 5.74) is 0. The summed E-state index contributed by atoms with van der Waals surface area (Å²) in [7, 11) is 17.0. The molecule has 0 unspecified atom stereocenters. The van der Waals surface area contributed by atoms with Gasteiger partial charge in [-0.1, -0.05) is 27.7 Å². The SMILES string of the molecule is CC[S-].CC[S-].CC[S-].CC[S-].C[N+](C)(C)C.C[N+](C)(C)C.[Fe+2]. The van der Waals surface area contributed by atoms with Crippen molar-refractivity contribution in [1.29, 1.82) is 0 Å². The topological polar surface area (TPSA) is 0 Å². The Bertz CT molecular complexity index is 107. The maximum atomic E-state index is 4.39. The van der Waals surface area contributed by atoms with Crippen molar-refractivity contribution in [1.82, 2.24) is 0 Å². The molecule has 0 radical (unpaired) electrons. The predicted octanol–water partition coefficient (Wildman–Crippen LogP) is 2.86. The zero-order chi connectivity index (χ0) is 19.8. The molecule has 0 N–H and O–H groups in total. The smallest absolute Gasteiger partial charge is 0.793 e. The molecule has 0 amide bonds. The summed E-state index contributed by atoms with van der Waals surface area (Å²) in [6, 6.07) is 0. The van der Waals surface area contributed by atoms with Gasteiger partial charge in [0.25, 0.3) is 0 Å². The fourth-order valence-corrected chi connectivity index (χ4v) is 0. The molecule has 0 aliphatic carbocycles. The molecule has 0 aliphatic heterocycles. The molecule has 0 saturated heterocycles. The van der Waals surface area contributed by atoms with E-state index < -0.39 is 0 Å². The van der Waals surface area contributed by atoms with Crippen molar-refractivity contribution >= 4 is 50.5 Å². The van der Waals surface area contributed by atoms with Gasteiger partial charge in [0.2, 0.25) is 0 Å². The summed E-state index contributed by atoms with van der Waals surface area (Å²) in [4.78, 5) is 0. The van der Waals surface area contributed by atoms with Crippen molar-refractivity contribution in [2.75, 3.05) is 79.4 Å². The molecule has 0 aromatic heterocycles. The zero-order valence-electron chi connectivity index (χ0n) is 17.7. The predicted molar refractivity (Wildman–Crippen MR) is 120 cm³/mol. The second kappa shape index (κ2) is 39.1. The second-order valence-electron chi connectivity index (χ2n) is 6.52. The van der Waals surface area contributed by atoms with Gasteiger partial charge in [0, 0.05) is 0 Å². The molecular formula is C16H44FeN2S4. The maximum absolute atomic E-state index is 4.39. The molecule has 0 aromatic rings. The second-order valence-corrected chi connectivity index (χ2v) is 8.83. The summed E-state index contributed by atoms with van der Waals surface area (Å²) in [5, 5.41) is 0. The molecule has 0 rings (SSSR count). The Hall–Kier alpha value is 1.84. The fourth-order valence-electron chi connectivity index (χ4n) is 0. The Kier molecular flexibility index (Phi) is 75.4. The molecule has 2 nitrogen and oxygen atoms in total. The van der Waals surface area contributed by atoms with Crippen LogP contribution in [0.15, 0.2) is 0 Å². The van der Waals surface area contributed by atoms with Gasteiger partial charge in [-0.25, -0.2) is 0 Å². The van der Waals surface area contributed by atoms with E-state index in [2.05, 4.69) is 107 Å². The zero-order valence-corrected chi connectivity index (χ0v) is 22.1. The van der Waals surface area contributed by atoms with Crippen LogP contribution in [0.25, 0.3) is 0 Å². The standard InChI is InChI=1S/2C4H12N.4C2H6S.Fe/c2*1-5(2,3)4;4*1-2-3;/h2*1-4H3;4*3H,2H2,1H3;/q2*+1;;;;;+2/p-4. The molecule has 0 bridgehead atoms. The largest absolute Gasteiger partial charge is 2.00 e. The summed E-state index contributed by atoms with van der Waals surface area (Å²) in [5.74, 6) is 3.33. The van der Waals surface area contributed by atoms with Crippen molar-refractivity contribution < 1.29 is 26.0 Å². The third kappa shape index (κ3) is 3360. The Morgan fingerprint density at radius 3 is 0.435 bits per heavy atom. The summed E-state index contributed by atoms with van der Waals surface area (Å²) >= 11 is 17.6. The van der Waals surface area contributed by atoms with Gasteiger partial charge in [0.15, 0.2) is 0 Å². The summed E-state index contributed by atoms with van der Waals surface area (Å²) in [6.45, 7) is 7.76. The van der Waals surface area contributed by atoms with E-state index in [0.717, 1.165) is 32.0 Å². The molecule has 0 spiro atoms. The normalized spacial score (nSPS) is 8.35. The Morgan fingerprint density at radius 2 is 0.435 bits per heavy atom. The average molecular weight is 449 g/mol. The number of rotatable bonds is 0. The third-order valence-corrected chi connectivity index (χ3v) is 0. The van der Waals surface area contributed by atoms with Gasteiger partial charge < -0.3 is 59.5 Å². The Balaban J connectivity index is -0.0000000270. The Morgan fingerprint density at radius 1 is 0.435 bits per heavy atom. The van der Waals surface area contributed by atoms with Gasteiger partial charge in [0.1, 0.15) is 0 Å². The summed E-state index contributed by atoms with van der Waals surface area (Å²) in [6.07, 6.45) is 0.